The average Bonchev–Trinajstić information content (AvgIpc) is 3.58. The van der Waals surface area contributed by atoms with Crippen molar-refractivity contribution in [1.29, 1.82) is 5.26 Å². The summed E-state index contributed by atoms with van der Waals surface area (Å²) < 4.78 is 44.3. The summed E-state index contributed by atoms with van der Waals surface area (Å²) in [6.07, 6.45) is 0.118. The Morgan fingerprint density at radius 2 is 1.73 bits per heavy atom. The maximum Gasteiger partial charge on any atom is 0.573 e. The first kappa shape index (κ1) is 29.4. The van der Waals surface area contributed by atoms with Crippen LogP contribution in [0.1, 0.15) is 46.8 Å². The number of benzene rings is 3. The average molecular weight is 601 g/mol. The molecule has 2 aliphatic heterocycles. The molecule has 44 heavy (non-hydrogen) atoms. The van der Waals surface area contributed by atoms with Crippen LogP contribution >= 0.6 is 0 Å². The maximum atomic E-state index is 13.7. The fraction of sp³-hybridized carbons (Fsp3) is 0.303. The number of piperidine rings is 1. The van der Waals surface area contributed by atoms with Gasteiger partial charge in [0.25, 0.3) is 0 Å². The predicted molar refractivity (Wildman–Crippen MR) is 156 cm³/mol. The van der Waals surface area contributed by atoms with E-state index in [-0.39, 0.29) is 24.2 Å². The van der Waals surface area contributed by atoms with Gasteiger partial charge in [-0.15, -0.1) is 13.2 Å². The molecule has 2 fully saturated rings. The highest BCUT2D eigenvalue weighted by Crippen LogP contribution is 2.36. The van der Waals surface area contributed by atoms with Gasteiger partial charge in [-0.3, -0.25) is 15.0 Å². The Kier molecular flexibility index (Phi) is 8.12. The van der Waals surface area contributed by atoms with Gasteiger partial charge in [-0.1, -0.05) is 54.6 Å². The highest BCUT2D eigenvalue weighted by atomic mass is 19.4. The first-order valence-corrected chi connectivity index (χ1v) is 14.4. The van der Waals surface area contributed by atoms with Crippen molar-refractivity contribution in [2.24, 2.45) is 0 Å². The fourth-order valence-corrected chi connectivity index (χ4v) is 6.22. The summed E-state index contributed by atoms with van der Waals surface area (Å²) in [4.78, 5) is 22.2. The number of carbonyl (C=O) groups excluding carboxylic acids is 1. The lowest BCUT2D eigenvalue weighted by Gasteiger charge is -2.41. The maximum absolute atomic E-state index is 13.7. The van der Waals surface area contributed by atoms with Crippen molar-refractivity contribution in [2.45, 2.75) is 43.9 Å². The number of ether oxygens (including phenoxy) is 1. The topological polar surface area (TPSA) is 86.4 Å². The van der Waals surface area contributed by atoms with Crippen LogP contribution in [-0.2, 0) is 17.9 Å². The van der Waals surface area contributed by atoms with Crippen molar-refractivity contribution in [3.63, 3.8) is 0 Å². The van der Waals surface area contributed by atoms with Crippen LogP contribution < -0.4 is 10.1 Å². The molecule has 8 nitrogen and oxygen atoms in total. The highest BCUT2D eigenvalue weighted by Gasteiger charge is 2.49. The van der Waals surface area contributed by atoms with Crippen LogP contribution in [0.2, 0.25) is 0 Å². The molecule has 4 aromatic rings. The zero-order chi connectivity index (χ0) is 30.7. The number of amides is 1. The molecule has 1 amide bonds. The minimum Gasteiger partial charge on any atom is -0.406 e. The van der Waals surface area contributed by atoms with Gasteiger partial charge in [-0.2, -0.15) is 5.26 Å². The second kappa shape index (κ2) is 12.1. The summed E-state index contributed by atoms with van der Waals surface area (Å²) in [7, 11) is 0. The van der Waals surface area contributed by atoms with Crippen molar-refractivity contribution >= 4 is 5.91 Å². The molecule has 0 bridgehead atoms. The van der Waals surface area contributed by atoms with Gasteiger partial charge in [0.1, 0.15) is 11.3 Å². The number of hydrogen-bond acceptors (Lipinski definition) is 6. The van der Waals surface area contributed by atoms with Gasteiger partial charge < -0.3 is 14.2 Å². The van der Waals surface area contributed by atoms with Crippen LogP contribution in [0.25, 0.3) is 0 Å². The molecule has 1 unspecified atom stereocenters. The molecule has 1 spiro atoms. The molecule has 0 saturated carbocycles. The molecule has 3 aromatic carbocycles. The van der Waals surface area contributed by atoms with Gasteiger partial charge in [0.2, 0.25) is 5.91 Å². The van der Waals surface area contributed by atoms with Crippen LogP contribution in [-0.4, -0.2) is 56.9 Å². The number of carbonyl (C=O) groups is 1. The summed E-state index contributed by atoms with van der Waals surface area (Å²) in [6.45, 7) is 2.43. The Morgan fingerprint density at radius 3 is 2.43 bits per heavy atom. The number of nitrogens with zero attached hydrogens (tertiary/aromatic N) is 5. The third-order valence-electron chi connectivity index (χ3n) is 8.40. The molecular weight excluding hydrogens is 569 g/mol. The molecule has 11 heteroatoms. The predicted octanol–water partition coefficient (Wildman–Crippen LogP) is 5.22. The first-order valence-electron chi connectivity index (χ1n) is 14.4. The smallest absolute Gasteiger partial charge is 0.406 e. The second-order valence-electron chi connectivity index (χ2n) is 11.2. The molecule has 6 rings (SSSR count). The Hall–Kier alpha value is -4.66. The van der Waals surface area contributed by atoms with Gasteiger partial charge in [-0.25, -0.2) is 4.98 Å². The summed E-state index contributed by atoms with van der Waals surface area (Å²) in [5, 5.41) is 12.6. The van der Waals surface area contributed by atoms with Crippen LogP contribution in [0.5, 0.6) is 5.75 Å². The van der Waals surface area contributed by atoms with E-state index in [1.165, 1.54) is 18.2 Å². The zero-order valence-corrected chi connectivity index (χ0v) is 23.9. The Bertz CT molecular complexity index is 1640. The second-order valence-corrected chi connectivity index (χ2v) is 11.2. The molecule has 1 aromatic heterocycles. The largest absolute Gasteiger partial charge is 0.573 e. The normalized spacial score (nSPS) is 17.5. The number of aromatic nitrogens is 2. The van der Waals surface area contributed by atoms with E-state index >= 15 is 0 Å². The lowest BCUT2D eigenvalue weighted by Crippen LogP contribution is -2.55. The number of likely N-dealkylation sites (tertiary alicyclic amines) is 1. The number of imidazole rings is 1. The van der Waals surface area contributed by atoms with Crippen LogP contribution in [0.3, 0.4) is 0 Å². The Labute approximate surface area is 253 Å². The third kappa shape index (κ3) is 6.32. The van der Waals surface area contributed by atoms with E-state index in [2.05, 4.69) is 42.7 Å². The number of hydrogen-bond donors (Lipinski definition) is 1. The van der Waals surface area contributed by atoms with Gasteiger partial charge in [-0.05, 0) is 53.8 Å². The molecule has 2 aliphatic rings. The van der Waals surface area contributed by atoms with Gasteiger partial charge in [0, 0.05) is 26.2 Å². The van der Waals surface area contributed by atoms with E-state index in [0.29, 0.717) is 50.3 Å². The third-order valence-corrected chi connectivity index (χ3v) is 8.40. The van der Waals surface area contributed by atoms with Gasteiger partial charge in [0.15, 0.2) is 0 Å². The summed E-state index contributed by atoms with van der Waals surface area (Å²) in [5.41, 5.74) is 3.67. The number of nitriles is 1. The molecule has 0 radical (unpaired) electrons. The van der Waals surface area contributed by atoms with Crippen LogP contribution in [0.4, 0.5) is 13.2 Å². The van der Waals surface area contributed by atoms with Crippen molar-refractivity contribution < 1.29 is 22.7 Å². The fourth-order valence-electron chi connectivity index (χ4n) is 6.22. The molecular formula is C33H31F3N6O2. The van der Waals surface area contributed by atoms with E-state index < -0.39 is 11.9 Å². The highest BCUT2D eigenvalue weighted by molar-refractivity contribution is 5.88. The molecule has 1 N–H and O–H groups in total. The number of alkyl halides is 3. The van der Waals surface area contributed by atoms with E-state index in [4.69, 9.17) is 5.26 Å². The Morgan fingerprint density at radius 1 is 0.977 bits per heavy atom. The summed E-state index contributed by atoms with van der Waals surface area (Å²) in [5.74, 6) is -0.343. The van der Waals surface area contributed by atoms with E-state index in [1.807, 2.05) is 55.0 Å². The van der Waals surface area contributed by atoms with Crippen molar-refractivity contribution in [2.75, 3.05) is 19.8 Å². The number of halogens is 3. The molecule has 3 heterocycles. The van der Waals surface area contributed by atoms with Crippen molar-refractivity contribution in [1.82, 2.24) is 24.7 Å². The van der Waals surface area contributed by atoms with Crippen LogP contribution in [0.15, 0.2) is 91.4 Å². The monoisotopic (exact) mass is 600 g/mol. The lowest BCUT2D eigenvalue weighted by molar-refractivity contribution is -0.274. The Balaban J connectivity index is 1.17. The van der Waals surface area contributed by atoms with Crippen molar-refractivity contribution in [3.05, 3.63) is 119 Å². The SMILES string of the molecule is N#Cc1ccc(Cn2cncc2C(c2ccccc2)N2CCC3(CC2)NCN(Cc2cccc(OC(F)(F)F)c2)C3=O)cc1. The van der Waals surface area contributed by atoms with Crippen molar-refractivity contribution in [3.8, 4) is 11.8 Å². The van der Waals surface area contributed by atoms with E-state index in [0.717, 1.165) is 16.8 Å². The van der Waals surface area contributed by atoms with Gasteiger partial charge >= 0.3 is 6.36 Å². The minimum absolute atomic E-state index is 0.0404. The molecule has 0 aliphatic carbocycles. The van der Waals surface area contributed by atoms with Crippen LogP contribution in [0, 0.1) is 11.3 Å². The summed E-state index contributed by atoms with van der Waals surface area (Å²) in [6, 6.07) is 25.6. The van der Waals surface area contributed by atoms with E-state index in [9.17, 15) is 18.0 Å². The standard InChI is InChI=1S/C33H31F3N6O2/c34-33(35,36)44-28-8-4-5-26(17-28)21-42-23-39-32(31(42)43)13-15-40(16-14-32)30(27-6-2-1-3-7-27)29-19-38-22-41(29)20-25-11-9-24(18-37)10-12-25/h1-12,17,19,22,30,39H,13-16,20-21,23H2. The van der Waals surface area contributed by atoms with E-state index in [1.54, 1.807) is 11.0 Å². The molecule has 2 saturated heterocycles. The minimum atomic E-state index is -4.78. The zero-order valence-electron chi connectivity index (χ0n) is 23.9. The lowest BCUT2D eigenvalue weighted by atomic mass is 9.86. The summed E-state index contributed by atoms with van der Waals surface area (Å²) >= 11 is 0. The van der Waals surface area contributed by atoms with Gasteiger partial charge in [0.05, 0.1) is 42.6 Å². The first-order chi connectivity index (χ1) is 21.2. The molecule has 1 atom stereocenters. The quantitative estimate of drug-likeness (QED) is 0.299. The molecule has 226 valence electrons. The number of rotatable bonds is 8. The number of nitrogens with one attached hydrogen (secondary N) is 1.